The molecule has 3 rings (SSSR count). The van der Waals surface area contributed by atoms with Crippen molar-refractivity contribution in [3.8, 4) is 5.82 Å². The fourth-order valence-corrected chi connectivity index (χ4v) is 2.72. The zero-order chi connectivity index (χ0) is 20.3. The molecule has 0 radical (unpaired) electrons. The molecule has 12 heteroatoms. The zero-order valence-electron chi connectivity index (χ0n) is 15.0. The van der Waals surface area contributed by atoms with Crippen molar-refractivity contribution in [2.45, 2.75) is 26.7 Å². The van der Waals surface area contributed by atoms with Crippen molar-refractivity contribution in [2.24, 2.45) is 5.10 Å². The highest BCUT2D eigenvalue weighted by Gasteiger charge is 2.23. The van der Waals surface area contributed by atoms with Gasteiger partial charge < -0.3 is 5.73 Å². The van der Waals surface area contributed by atoms with Gasteiger partial charge in [0.2, 0.25) is 11.6 Å². The smallest absolute Gasteiger partial charge is 0.293 e. The van der Waals surface area contributed by atoms with Crippen molar-refractivity contribution in [1.29, 1.82) is 0 Å². The number of hydrogen-bond acceptors (Lipinski definition) is 8. The van der Waals surface area contributed by atoms with E-state index in [0.29, 0.717) is 33.4 Å². The van der Waals surface area contributed by atoms with E-state index in [4.69, 9.17) is 28.9 Å². The van der Waals surface area contributed by atoms with E-state index in [2.05, 4.69) is 35.8 Å². The Morgan fingerprint density at radius 2 is 2.11 bits per heavy atom. The van der Waals surface area contributed by atoms with Crippen molar-refractivity contribution < 1.29 is 9.42 Å². The van der Waals surface area contributed by atoms with Crippen LogP contribution in [0.5, 0.6) is 0 Å². The molecule has 0 bridgehead atoms. The van der Waals surface area contributed by atoms with Crippen molar-refractivity contribution in [1.82, 2.24) is 30.7 Å². The van der Waals surface area contributed by atoms with Crippen LogP contribution in [0.15, 0.2) is 27.9 Å². The van der Waals surface area contributed by atoms with Gasteiger partial charge in [-0.25, -0.2) is 10.1 Å². The Balaban J connectivity index is 1.85. The number of benzene rings is 1. The molecule has 146 valence electrons. The Labute approximate surface area is 169 Å². The Morgan fingerprint density at radius 1 is 1.32 bits per heavy atom. The summed E-state index contributed by atoms with van der Waals surface area (Å²) in [4.78, 5) is 12.6. The number of carbonyl (C=O) groups excluding carboxylic acids is 1. The molecule has 0 atom stereocenters. The number of amides is 1. The summed E-state index contributed by atoms with van der Waals surface area (Å²) in [5.41, 5.74) is 10.1. The largest absolute Gasteiger partial charge is 0.378 e. The van der Waals surface area contributed by atoms with Crippen LogP contribution in [0.4, 0.5) is 5.82 Å². The third kappa shape index (κ3) is 3.97. The van der Waals surface area contributed by atoms with Crippen molar-refractivity contribution in [2.75, 3.05) is 5.73 Å². The molecule has 0 aliphatic carbocycles. The minimum atomic E-state index is -0.524. The first-order valence-electron chi connectivity index (χ1n) is 8.25. The molecular weight excluding hydrogens is 407 g/mol. The van der Waals surface area contributed by atoms with Crippen LogP contribution in [0, 0.1) is 0 Å². The molecule has 0 fully saturated rings. The second-order valence-electron chi connectivity index (χ2n) is 5.79. The van der Waals surface area contributed by atoms with Gasteiger partial charge in [-0.2, -0.15) is 9.78 Å². The first-order valence-corrected chi connectivity index (χ1v) is 9.01. The van der Waals surface area contributed by atoms with Gasteiger partial charge in [0.15, 0.2) is 5.69 Å². The van der Waals surface area contributed by atoms with Crippen LogP contribution in [0.3, 0.4) is 0 Å². The number of nitrogens with two attached hydrogens (primary N) is 1. The number of hydrogen-bond donors (Lipinski definition) is 2. The van der Waals surface area contributed by atoms with Gasteiger partial charge in [-0.15, -0.1) is 5.10 Å². The van der Waals surface area contributed by atoms with Crippen LogP contribution in [0.25, 0.3) is 5.82 Å². The van der Waals surface area contributed by atoms with Gasteiger partial charge in [0, 0.05) is 0 Å². The number of nitrogens with one attached hydrogen (secondary N) is 1. The van der Waals surface area contributed by atoms with Crippen LogP contribution in [0.2, 0.25) is 10.0 Å². The standard InChI is InChI=1S/C16H16Cl2N8O2/c1-3-4-12-13(21-25-26(12)15-14(19)23-28-24-15)16(27)22-20-8(2)9-5-6-10(17)11(18)7-9/h5-7H,3-4H2,1-2H3,(H2,19,23)(H,22,27)/b20-8+. The summed E-state index contributed by atoms with van der Waals surface area (Å²) < 4.78 is 5.93. The summed E-state index contributed by atoms with van der Waals surface area (Å²) in [6.45, 7) is 3.68. The number of rotatable bonds is 6. The molecule has 3 N–H and O–H groups in total. The lowest BCUT2D eigenvalue weighted by molar-refractivity contribution is 0.0948. The first-order chi connectivity index (χ1) is 13.4. The topological polar surface area (TPSA) is 137 Å². The number of nitrogens with zero attached hydrogens (tertiary/aromatic N) is 6. The molecule has 0 unspecified atom stereocenters. The number of anilines is 1. The number of aromatic nitrogens is 5. The lowest BCUT2D eigenvalue weighted by Gasteiger charge is -2.05. The van der Waals surface area contributed by atoms with E-state index in [-0.39, 0.29) is 17.3 Å². The van der Waals surface area contributed by atoms with Gasteiger partial charge in [0.1, 0.15) is 0 Å². The molecule has 10 nitrogen and oxygen atoms in total. The monoisotopic (exact) mass is 422 g/mol. The molecule has 1 aromatic carbocycles. The Bertz CT molecular complexity index is 1040. The van der Waals surface area contributed by atoms with E-state index >= 15 is 0 Å². The lowest BCUT2D eigenvalue weighted by Crippen LogP contribution is -2.21. The summed E-state index contributed by atoms with van der Waals surface area (Å²) in [6.07, 6.45) is 1.25. The zero-order valence-corrected chi connectivity index (χ0v) is 16.5. The molecule has 28 heavy (non-hydrogen) atoms. The molecule has 3 aromatic rings. The number of carbonyl (C=O) groups is 1. The van der Waals surface area contributed by atoms with Gasteiger partial charge in [0.25, 0.3) is 5.91 Å². The molecule has 0 saturated heterocycles. The van der Waals surface area contributed by atoms with Crippen molar-refractivity contribution in [3.63, 3.8) is 0 Å². The van der Waals surface area contributed by atoms with E-state index in [9.17, 15) is 4.79 Å². The van der Waals surface area contributed by atoms with E-state index in [1.807, 2.05) is 6.92 Å². The van der Waals surface area contributed by atoms with Crippen LogP contribution < -0.4 is 11.2 Å². The van der Waals surface area contributed by atoms with E-state index in [1.54, 1.807) is 25.1 Å². The Kier molecular flexibility index (Phi) is 5.90. The molecule has 1 amide bonds. The SMILES string of the molecule is CCCc1c(C(=O)N/N=C(\C)c2ccc(Cl)c(Cl)c2)nnn1-c1nonc1N. The van der Waals surface area contributed by atoms with Crippen LogP contribution in [0.1, 0.15) is 42.0 Å². The maximum absolute atomic E-state index is 12.6. The predicted molar refractivity (Wildman–Crippen MR) is 104 cm³/mol. The normalized spacial score (nSPS) is 11.6. The lowest BCUT2D eigenvalue weighted by atomic mass is 10.1. The molecule has 2 aromatic heterocycles. The number of hydrazone groups is 1. The Morgan fingerprint density at radius 3 is 2.75 bits per heavy atom. The van der Waals surface area contributed by atoms with E-state index in [1.165, 1.54) is 4.68 Å². The number of halogens is 2. The van der Waals surface area contributed by atoms with Crippen LogP contribution in [-0.4, -0.2) is 36.9 Å². The second-order valence-corrected chi connectivity index (χ2v) is 6.60. The second kappa shape index (κ2) is 8.36. The Hall–Kier alpha value is -2.98. The summed E-state index contributed by atoms with van der Waals surface area (Å²) in [7, 11) is 0. The molecule has 0 aliphatic rings. The van der Waals surface area contributed by atoms with Crippen molar-refractivity contribution >= 4 is 40.6 Å². The molecule has 0 saturated carbocycles. The molecular formula is C16H16Cl2N8O2. The summed E-state index contributed by atoms with van der Waals surface area (Å²) in [5.74, 6) is -0.308. The highest BCUT2D eigenvalue weighted by atomic mass is 35.5. The third-order valence-corrected chi connectivity index (χ3v) is 4.56. The van der Waals surface area contributed by atoms with Crippen LogP contribution in [-0.2, 0) is 6.42 Å². The highest BCUT2D eigenvalue weighted by molar-refractivity contribution is 6.42. The third-order valence-electron chi connectivity index (χ3n) is 3.82. The summed E-state index contributed by atoms with van der Waals surface area (Å²) in [6, 6.07) is 5.06. The van der Waals surface area contributed by atoms with Gasteiger partial charge in [-0.3, -0.25) is 4.79 Å². The molecule has 2 heterocycles. The van der Waals surface area contributed by atoms with Gasteiger partial charge >= 0.3 is 0 Å². The fraction of sp³-hybridized carbons (Fsp3) is 0.250. The quantitative estimate of drug-likeness (QED) is 0.459. The first kappa shape index (κ1) is 19.8. The summed E-state index contributed by atoms with van der Waals surface area (Å²) in [5, 5.41) is 20.0. The maximum Gasteiger partial charge on any atom is 0.293 e. The van der Waals surface area contributed by atoms with E-state index < -0.39 is 5.91 Å². The minimum absolute atomic E-state index is 0.0442. The van der Waals surface area contributed by atoms with Gasteiger partial charge in [0.05, 0.1) is 21.5 Å². The summed E-state index contributed by atoms with van der Waals surface area (Å²) >= 11 is 11.9. The number of nitrogen functional groups attached to an aromatic ring is 1. The molecule has 0 spiro atoms. The maximum atomic E-state index is 12.6. The minimum Gasteiger partial charge on any atom is -0.378 e. The van der Waals surface area contributed by atoms with E-state index in [0.717, 1.165) is 6.42 Å². The fourth-order valence-electron chi connectivity index (χ4n) is 2.42. The average Bonchev–Trinajstić information content (AvgIpc) is 3.28. The average molecular weight is 423 g/mol. The van der Waals surface area contributed by atoms with Gasteiger partial charge in [-0.1, -0.05) is 47.8 Å². The van der Waals surface area contributed by atoms with Gasteiger partial charge in [-0.05, 0) is 41.4 Å². The van der Waals surface area contributed by atoms with Crippen LogP contribution >= 0.6 is 23.2 Å². The predicted octanol–water partition coefficient (Wildman–Crippen LogP) is 2.65. The van der Waals surface area contributed by atoms with Crippen molar-refractivity contribution in [3.05, 3.63) is 45.2 Å². The molecule has 0 aliphatic heterocycles. The highest BCUT2D eigenvalue weighted by Crippen LogP contribution is 2.23.